The number of carbonyl (C=O) groups is 1. The van der Waals surface area contributed by atoms with Crippen LogP contribution < -0.4 is 10.9 Å². The van der Waals surface area contributed by atoms with Crippen LogP contribution >= 0.6 is 0 Å². The normalized spacial score (nSPS) is 12.1. The molecule has 24 heavy (non-hydrogen) atoms. The number of amides is 1. The van der Waals surface area contributed by atoms with E-state index in [2.05, 4.69) is 10.3 Å². The molecule has 0 unspecified atom stereocenters. The lowest BCUT2D eigenvalue weighted by Crippen LogP contribution is -2.34. The second kappa shape index (κ2) is 6.66. The molecule has 5 heteroatoms. The minimum Gasteiger partial charge on any atom is -0.345 e. The first kappa shape index (κ1) is 15.9. The maximum atomic E-state index is 12.6. The van der Waals surface area contributed by atoms with Crippen LogP contribution in [0.2, 0.25) is 0 Å². The molecule has 5 nitrogen and oxygen atoms in total. The SMILES string of the molecule is CCn1c(=O)c(C(=O)N[C@H](C)c2ccccc2)cc2cccnc21. The third-order valence-corrected chi connectivity index (χ3v) is 4.06. The molecule has 0 saturated carbocycles. The first-order chi connectivity index (χ1) is 11.6. The molecule has 0 radical (unpaired) electrons. The van der Waals surface area contributed by atoms with Gasteiger partial charge >= 0.3 is 0 Å². The molecular weight excluding hydrogens is 302 g/mol. The summed E-state index contributed by atoms with van der Waals surface area (Å²) >= 11 is 0. The van der Waals surface area contributed by atoms with E-state index in [0.717, 1.165) is 10.9 Å². The second-order valence-electron chi connectivity index (χ2n) is 5.63. The maximum Gasteiger partial charge on any atom is 0.265 e. The van der Waals surface area contributed by atoms with E-state index in [1.807, 2.05) is 50.2 Å². The van der Waals surface area contributed by atoms with Crippen molar-refractivity contribution in [2.24, 2.45) is 0 Å². The van der Waals surface area contributed by atoms with Crippen LogP contribution in [0.1, 0.15) is 35.8 Å². The molecule has 1 N–H and O–H groups in total. The van der Waals surface area contributed by atoms with E-state index in [4.69, 9.17) is 0 Å². The average Bonchev–Trinajstić information content (AvgIpc) is 2.61. The van der Waals surface area contributed by atoms with Gasteiger partial charge in [-0.25, -0.2) is 4.98 Å². The molecule has 3 rings (SSSR count). The number of nitrogens with zero attached hydrogens (tertiary/aromatic N) is 2. The molecular formula is C19H19N3O2. The second-order valence-corrected chi connectivity index (χ2v) is 5.63. The number of rotatable bonds is 4. The highest BCUT2D eigenvalue weighted by molar-refractivity contribution is 5.97. The Hall–Kier alpha value is -2.95. The fourth-order valence-corrected chi connectivity index (χ4v) is 2.76. The van der Waals surface area contributed by atoms with Crippen LogP contribution in [-0.4, -0.2) is 15.5 Å². The van der Waals surface area contributed by atoms with E-state index in [0.29, 0.717) is 12.2 Å². The number of benzene rings is 1. The summed E-state index contributed by atoms with van der Waals surface area (Å²) in [6, 6.07) is 14.7. The molecule has 0 aliphatic carbocycles. The van der Waals surface area contributed by atoms with Crippen molar-refractivity contribution in [3.8, 4) is 0 Å². The van der Waals surface area contributed by atoms with Crippen molar-refractivity contribution < 1.29 is 4.79 Å². The molecule has 1 aromatic carbocycles. The quantitative estimate of drug-likeness (QED) is 0.803. The van der Waals surface area contributed by atoms with Crippen LogP contribution in [-0.2, 0) is 6.54 Å². The molecule has 0 aliphatic heterocycles. The van der Waals surface area contributed by atoms with Crippen molar-refractivity contribution >= 4 is 16.9 Å². The Kier molecular flexibility index (Phi) is 4.42. The van der Waals surface area contributed by atoms with Crippen LogP contribution in [0.5, 0.6) is 0 Å². The molecule has 2 aromatic heterocycles. The molecule has 0 aliphatic rings. The zero-order chi connectivity index (χ0) is 17.1. The number of fused-ring (bicyclic) bond motifs is 1. The predicted octanol–water partition coefficient (Wildman–Crippen LogP) is 2.91. The third kappa shape index (κ3) is 2.93. The lowest BCUT2D eigenvalue weighted by atomic mass is 10.1. The van der Waals surface area contributed by atoms with Gasteiger partial charge in [-0.3, -0.25) is 14.2 Å². The summed E-state index contributed by atoms with van der Waals surface area (Å²) in [5.41, 5.74) is 1.41. The topological polar surface area (TPSA) is 64.0 Å². The lowest BCUT2D eigenvalue weighted by Gasteiger charge is -2.15. The number of hydrogen-bond donors (Lipinski definition) is 1. The number of hydrogen-bond acceptors (Lipinski definition) is 3. The van der Waals surface area contributed by atoms with Gasteiger partial charge in [-0.2, -0.15) is 0 Å². The first-order valence-electron chi connectivity index (χ1n) is 7.96. The molecule has 0 fully saturated rings. The van der Waals surface area contributed by atoms with Crippen molar-refractivity contribution in [2.45, 2.75) is 26.4 Å². The summed E-state index contributed by atoms with van der Waals surface area (Å²) < 4.78 is 1.53. The van der Waals surface area contributed by atoms with E-state index in [-0.39, 0.29) is 23.1 Å². The fourth-order valence-electron chi connectivity index (χ4n) is 2.76. The van der Waals surface area contributed by atoms with Gasteiger partial charge in [-0.05, 0) is 37.6 Å². The number of aryl methyl sites for hydroxylation is 1. The van der Waals surface area contributed by atoms with Gasteiger partial charge in [-0.1, -0.05) is 30.3 Å². The Bertz CT molecular complexity index is 932. The summed E-state index contributed by atoms with van der Waals surface area (Å²) in [5, 5.41) is 3.67. The summed E-state index contributed by atoms with van der Waals surface area (Å²) in [6.07, 6.45) is 1.64. The zero-order valence-corrected chi connectivity index (χ0v) is 13.7. The van der Waals surface area contributed by atoms with E-state index in [9.17, 15) is 9.59 Å². The average molecular weight is 321 g/mol. The van der Waals surface area contributed by atoms with Crippen molar-refractivity contribution in [3.63, 3.8) is 0 Å². The van der Waals surface area contributed by atoms with Gasteiger partial charge in [0.05, 0.1) is 6.04 Å². The minimum atomic E-state index is -0.371. The fraction of sp³-hybridized carbons (Fsp3) is 0.211. The highest BCUT2D eigenvalue weighted by Crippen LogP contribution is 2.14. The summed E-state index contributed by atoms with van der Waals surface area (Å²) in [5.74, 6) is -0.371. The molecule has 0 saturated heterocycles. The molecule has 3 aromatic rings. The Balaban J connectivity index is 1.98. The van der Waals surface area contributed by atoms with E-state index in [1.165, 1.54) is 4.57 Å². The van der Waals surface area contributed by atoms with Crippen LogP contribution in [0.25, 0.3) is 11.0 Å². The van der Waals surface area contributed by atoms with Gasteiger partial charge in [0.2, 0.25) is 0 Å². The number of aromatic nitrogens is 2. The number of nitrogens with one attached hydrogen (secondary N) is 1. The lowest BCUT2D eigenvalue weighted by molar-refractivity contribution is 0.0938. The maximum absolute atomic E-state index is 12.6. The van der Waals surface area contributed by atoms with Gasteiger partial charge in [-0.15, -0.1) is 0 Å². The monoisotopic (exact) mass is 321 g/mol. The van der Waals surface area contributed by atoms with Gasteiger partial charge in [0.15, 0.2) is 0 Å². The number of pyridine rings is 2. The van der Waals surface area contributed by atoms with Gasteiger partial charge < -0.3 is 5.32 Å². The minimum absolute atomic E-state index is 0.139. The Morgan fingerprint density at radius 1 is 1.21 bits per heavy atom. The molecule has 1 atom stereocenters. The smallest absolute Gasteiger partial charge is 0.265 e. The van der Waals surface area contributed by atoms with Crippen LogP contribution in [0.4, 0.5) is 0 Å². The van der Waals surface area contributed by atoms with Crippen molar-refractivity contribution in [2.75, 3.05) is 0 Å². The molecule has 0 bridgehead atoms. The van der Waals surface area contributed by atoms with Crippen molar-refractivity contribution in [3.05, 3.63) is 76.2 Å². The van der Waals surface area contributed by atoms with Crippen LogP contribution in [0.15, 0.2) is 59.5 Å². The van der Waals surface area contributed by atoms with Crippen LogP contribution in [0.3, 0.4) is 0 Å². The Morgan fingerprint density at radius 2 is 1.96 bits per heavy atom. The molecule has 0 spiro atoms. The van der Waals surface area contributed by atoms with Crippen molar-refractivity contribution in [1.29, 1.82) is 0 Å². The zero-order valence-electron chi connectivity index (χ0n) is 13.7. The Morgan fingerprint density at radius 3 is 2.67 bits per heavy atom. The van der Waals surface area contributed by atoms with Crippen molar-refractivity contribution in [1.82, 2.24) is 14.9 Å². The highest BCUT2D eigenvalue weighted by Gasteiger charge is 2.17. The van der Waals surface area contributed by atoms with E-state index >= 15 is 0 Å². The first-order valence-corrected chi connectivity index (χ1v) is 7.96. The molecule has 122 valence electrons. The molecule has 2 heterocycles. The van der Waals surface area contributed by atoms with E-state index < -0.39 is 0 Å². The summed E-state index contributed by atoms with van der Waals surface area (Å²) in [7, 11) is 0. The third-order valence-electron chi connectivity index (χ3n) is 4.06. The molecule has 1 amide bonds. The van der Waals surface area contributed by atoms with Gasteiger partial charge in [0.25, 0.3) is 11.5 Å². The standard InChI is InChI=1S/C19H19N3O2/c1-3-22-17-15(10-7-11-20-17)12-16(19(22)24)18(23)21-13(2)14-8-5-4-6-9-14/h4-13H,3H2,1-2H3,(H,21,23)/t13-/m1/s1. The van der Waals surface area contributed by atoms with Gasteiger partial charge in [0, 0.05) is 18.1 Å². The Labute approximate surface area is 140 Å². The van der Waals surface area contributed by atoms with Crippen LogP contribution in [0, 0.1) is 0 Å². The highest BCUT2D eigenvalue weighted by atomic mass is 16.2. The van der Waals surface area contributed by atoms with E-state index in [1.54, 1.807) is 18.3 Å². The summed E-state index contributed by atoms with van der Waals surface area (Å²) in [4.78, 5) is 29.5. The summed E-state index contributed by atoms with van der Waals surface area (Å²) in [6.45, 7) is 4.22. The largest absolute Gasteiger partial charge is 0.345 e. The predicted molar refractivity (Wildman–Crippen MR) is 94.0 cm³/mol. The number of carbonyl (C=O) groups excluding carboxylic acids is 1. The van der Waals surface area contributed by atoms with Gasteiger partial charge in [0.1, 0.15) is 11.2 Å².